The van der Waals surface area contributed by atoms with Crippen LogP contribution in [-0.2, 0) is 14.3 Å². The number of amides is 1. The second kappa shape index (κ2) is 55.2. The van der Waals surface area contributed by atoms with Crippen molar-refractivity contribution in [2.75, 3.05) is 13.2 Å². The third kappa shape index (κ3) is 44.4. The third-order valence-corrected chi connectivity index (χ3v) is 15.0. The molecular weight excluding hydrogens is 935 g/mol. The summed E-state index contributed by atoms with van der Waals surface area (Å²) in [5, 5.41) is 54.5. The Hall–Kier alpha value is -2.11. The van der Waals surface area contributed by atoms with Gasteiger partial charge in [0.1, 0.15) is 24.4 Å². The largest absolute Gasteiger partial charge is 0.394 e. The molecule has 1 aliphatic rings. The maximum atomic E-state index is 13.1. The van der Waals surface area contributed by atoms with Crippen molar-refractivity contribution in [1.29, 1.82) is 0 Å². The van der Waals surface area contributed by atoms with Gasteiger partial charge in [0, 0.05) is 6.42 Å². The lowest BCUT2D eigenvalue weighted by molar-refractivity contribution is -0.302. The minimum atomic E-state index is -1.58. The summed E-state index contributed by atoms with van der Waals surface area (Å²) in [5.41, 5.74) is 0. The van der Waals surface area contributed by atoms with Crippen LogP contribution >= 0.6 is 0 Å². The molecule has 0 aliphatic carbocycles. The predicted octanol–water partition coefficient (Wildman–Crippen LogP) is 16.6. The fourth-order valence-electron chi connectivity index (χ4n) is 9.99. The van der Waals surface area contributed by atoms with Crippen molar-refractivity contribution in [2.24, 2.45) is 0 Å². The van der Waals surface area contributed by atoms with E-state index in [1.165, 1.54) is 225 Å². The van der Waals surface area contributed by atoms with E-state index < -0.39 is 49.5 Å². The highest BCUT2D eigenvalue weighted by molar-refractivity contribution is 5.76. The molecule has 7 unspecified atom stereocenters. The molecule has 0 saturated carbocycles. The molecule has 9 heteroatoms. The number of hydrogen-bond donors (Lipinski definition) is 6. The summed E-state index contributed by atoms with van der Waals surface area (Å²) in [7, 11) is 0. The molecule has 1 amide bonds. The van der Waals surface area contributed by atoms with E-state index in [0.29, 0.717) is 6.42 Å². The van der Waals surface area contributed by atoms with Gasteiger partial charge in [-0.2, -0.15) is 0 Å². The van der Waals surface area contributed by atoms with Crippen LogP contribution in [0.2, 0.25) is 0 Å². The van der Waals surface area contributed by atoms with E-state index in [2.05, 4.69) is 67.8 Å². The highest BCUT2D eigenvalue weighted by Crippen LogP contribution is 2.23. The molecule has 0 aromatic heterocycles. The van der Waals surface area contributed by atoms with Crippen LogP contribution in [0.3, 0.4) is 0 Å². The molecule has 1 rings (SSSR count). The second-order valence-electron chi connectivity index (χ2n) is 22.2. The summed E-state index contributed by atoms with van der Waals surface area (Å²) in [6.45, 7) is 3.76. The summed E-state index contributed by atoms with van der Waals surface area (Å²) >= 11 is 0. The molecule has 0 spiro atoms. The van der Waals surface area contributed by atoms with Crippen molar-refractivity contribution in [3.05, 3.63) is 60.8 Å². The Balaban J connectivity index is 2.12. The minimum Gasteiger partial charge on any atom is -0.394 e. The van der Waals surface area contributed by atoms with Gasteiger partial charge in [0.15, 0.2) is 6.29 Å². The lowest BCUT2D eigenvalue weighted by Gasteiger charge is -2.40. The normalized spacial score (nSPS) is 19.3. The van der Waals surface area contributed by atoms with Crippen LogP contribution in [0.15, 0.2) is 60.8 Å². The molecule has 0 radical (unpaired) electrons. The van der Waals surface area contributed by atoms with Gasteiger partial charge in [0.25, 0.3) is 0 Å². The Morgan fingerprint density at radius 3 is 1.20 bits per heavy atom. The number of unbranched alkanes of at least 4 members (excludes halogenated alkanes) is 37. The fraction of sp³-hybridized carbons (Fsp3) is 0.833. The van der Waals surface area contributed by atoms with Crippen molar-refractivity contribution in [1.82, 2.24) is 5.32 Å². The predicted molar refractivity (Wildman–Crippen MR) is 318 cm³/mol. The summed E-state index contributed by atoms with van der Waals surface area (Å²) in [5.74, 6) is -0.187. The van der Waals surface area contributed by atoms with E-state index in [1.54, 1.807) is 6.08 Å². The molecule has 0 aromatic carbocycles. The first kappa shape index (κ1) is 70.9. The zero-order valence-corrected chi connectivity index (χ0v) is 48.8. The van der Waals surface area contributed by atoms with Crippen molar-refractivity contribution < 1.29 is 39.8 Å². The van der Waals surface area contributed by atoms with Gasteiger partial charge in [-0.15, -0.1) is 0 Å². The molecule has 438 valence electrons. The van der Waals surface area contributed by atoms with Gasteiger partial charge in [-0.05, 0) is 77.0 Å². The number of aliphatic hydroxyl groups excluding tert-OH is 5. The van der Waals surface area contributed by atoms with Crippen LogP contribution in [0.4, 0.5) is 0 Å². The lowest BCUT2D eigenvalue weighted by Crippen LogP contribution is -2.60. The maximum absolute atomic E-state index is 13.1. The monoisotopic (exact) mass is 1060 g/mol. The van der Waals surface area contributed by atoms with Gasteiger partial charge in [-0.25, -0.2) is 0 Å². The summed E-state index contributed by atoms with van der Waals surface area (Å²) in [4.78, 5) is 13.1. The molecule has 75 heavy (non-hydrogen) atoms. The first-order chi connectivity index (χ1) is 36.8. The lowest BCUT2D eigenvalue weighted by atomic mass is 9.99. The Kier molecular flexibility index (Phi) is 52.2. The SMILES string of the molecule is CCCCCCC/C=C\C/C=C\CCCCCCCCCCCCCCCCCCCCCCCCCC(=O)NC(COC1OC(CO)C(O)C(O)C1O)C(O)/C=C/CC/C=C/CC/C=C/CCCCCCCCC. The second-order valence-corrected chi connectivity index (χ2v) is 22.2. The number of nitrogens with one attached hydrogen (secondary N) is 1. The van der Waals surface area contributed by atoms with Gasteiger partial charge in [-0.3, -0.25) is 4.79 Å². The average molecular weight is 1060 g/mol. The van der Waals surface area contributed by atoms with Gasteiger partial charge in [0.2, 0.25) is 5.91 Å². The minimum absolute atomic E-state index is 0.187. The van der Waals surface area contributed by atoms with E-state index in [0.717, 1.165) is 51.4 Å². The number of rotatable bonds is 55. The van der Waals surface area contributed by atoms with E-state index in [4.69, 9.17) is 9.47 Å². The Morgan fingerprint density at radius 2 is 0.800 bits per heavy atom. The molecule has 9 nitrogen and oxygen atoms in total. The number of carbonyl (C=O) groups excluding carboxylic acids is 1. The van der Waals surface area contributed by atoms with Crippen LogP contribution in [0.25, 0.3) is 0 Å². The Morgan fingerprint density at radius 1 is 0.453 bits per heavy atom. The Bertz CT molecular complexity index is 1360. The number of carbonyl (C=O) groups is 1. The van der Waals surface area contributed by atoms with E-state index in [-0.39, 0.29) is 12.5 Å². The first-order valence-corrected chi connectivity index (χ1v) is 32.0. The molecule has 7 atom stereocenters. The standard InChI is InChI=1S/C66H121NO8/c1-3-5-7-9-11-13-15-17-19-21-22-23-24-25-26-27-28-29-30-31-32-33-34-35-36-37-38-40-42-44-46-48-50-52-54-56-62(70)67-59(58-74-66-65(73)64(72)63(71)61(57-68)75-66)60(69)55-53-51-49-47-45-43-41-39-20-18-16-14-12-10-8-6-4-2/h15,17,20-22,39,45,47,53,55,59-61,63-66,68-69,71-73H,3-14,16,18-19,23-38,40-44,46,48-52,54,56-58H2,1-2H3,(H,67,70)/b17-15-,22-21-,39-20+,47-45+,55-53+. The van der Waals surface area contributed by atoms with Crippen LogP contribution in [0, 0.1) is 0 Å². The van der Waals surface area contributed by atoms with Crippen LogP contribution in [0.5, 0.6) is 0 Å². The van der Waals surface area contributed by atoms with Crippen molar-refractivity contribution in [3.8, 4) is 0 Å². The zero-order chi connectivity index (χ0) is 54.3. The average Bonchev–Trinajstić information content (AvgIpc) is 3.41. The summed E-state index contributed by atoms with van der Waals surface area (Å²) < 4.78 is 11.3. The molecule has 1 fully saturated rings. The number of hydrogen-bond acceptors (Lipinski definition) is 8. The third-order valence-electron chi connectivity index (χ3n) is 15.0. The van der Waals surface area contributed by atoms with Crippen molar-refractivity contribution in [3.63, 3.8) is 0 Å². The van der Waals surface area contributed by atoms with Crippen LogP contribution in [0.1, 0.15) is 296 Å². The van der Waals surface area contributed by atoms with E-state index in [1.807, 2.05) is 6.08 Å². The van der Waals surface area contributed by atoms with Crippen molar-refractivity contribution in [2.45, 2.75) is 339 Å². The fourth-order valence-corrected chi connectivity index (χ4v) is 9.99. The Labute approximate surface area is 462 Å². The maximum Gasteiger partial charge on any atom is 0.220 e. The molecule has 1 saturated heterocycles. The molecule has 0 bridgehead atoms. The number of ether oxygens (including phenoxy) is 2. The van der Waals surface area contributed by atoms with Crippen molar-refractivity contribution >= 4 is 5.91 Å². The molecule has 6 N–H and O–H groups in total. The van der Waals surface area contributed by atoms with E-state index in [9.17, 15) is 30.3 Å². The van der Waals surface area contributed by atoms with Crippen LogP contribution < -0.4 is 5.32 Å². The van der Waals surface area contributed by atoms with E-state index >= 15 is 0 Å². The van der Waals surface area contributed by atoms with Gasteiger partial charge in [0.05, 0.1) is 25.4 Å². The molecular formula is C66H121NO8. The van der Waals surface area contributed by atoms with Gasteiger partial charge in [-0.1, -0.05) is 274 Å². The van der Waals surface area contributed by atoms with Gasteiger partial charge < -0.3 is 40.3 Å². The quantitative estimate of drug-likeness (QED) is 0.0261. The smallest absolute Gasteiger partial charge is 0.220 e. The topological polar surface area (TPSA) is 149 Å². The first-order valence-electron chi connectivity index (χ1n) is 32.0. The number of aliphatic hydroxyl groups is 5. The zero-order valence-electron chi connectivity index (χ0n) is 48.8. The molecule has 1 aliphatic heterocycles. The molecule has 0 aromatic rings. The van der Waals surface area contributed by atoms with Gasteiger partial charge >= 0.3 is 0 Å². The highest BCUT2D eigenvalue weighted by atomic mass is 16.7. The molecule has 1 heterocycles. The summed E-state index contributed by atoms with van der Waals surface area (Å²) in [6.07, 6.45) is 68.9. The summed E-state index contributed by atoms with van der Waals surface area (Å²) in [6, 6.07) is -0.828. The van der Waals surface area contributed by atoms with Crippen LogP contribution in [-0.4, -0.2) is 87.5 Å². The highest BCUT2D eigenvalue weighted by Gasteiger charge is 2.44. The number of allylic oxidation sites excluding steroid dienone is 9.